The molecule has 2 rings (SSSR count). The van der Waals surface area contributed by atoms with Crippen molar-refractivity contribution >= 4 is 6.41 Å². The van der Waals surface area contributed by atoms with Crippen molar-refractivity contribution in [1.82, 2.24) is 9.78 Å². The lowest BCUT2D eigenvalue weighted by Crippen LogP contribution is -1.98. The molecule has 0 aliphatic carbocycles. The Bertz CT molecular complexity index is 446. The Morgan fingerprint density at radius 2 is 2.00 bits per heavy atom. The minimum Gasteiger partial charge on any atom is -0.276 e. The fraction of sp³-hybridized carbons (Fsp3) is 0.0909. The first-order valence-corrected chi connectivity index (χ1v) is 4.38. The van der Waals surface area contributed by atoms with E-state index in [0.717, 1.165) is 17.0 Å². The lowest BCUT2D eigenvalue weighted by Gasteiger charge is -1.93. The molecule has 0 amide bonds. The maximum absolute atomic E-state index is 10.6. The SMILES string of the molecule is Cc1cc(-c2ccccc2)nn1C=O. The molecule has 0 radical (unpaired) electrons. The molecule has 70 valence electrons. The van der Waals surface area contributed by atoms with Gasteiger partial charge in [-0.15, -0.1) is 0 Å². The van der Waals surface area contributed by atoms with E-state index >= 15 is 0 Å². The van der Waals surface area contributed by atoms with Gasteiger partial charge in [-0.25, -0.2) is 4.68 Å². The van der Waals surface area contributed by atoms with Crippen LogP contribution in [0.1, 0.15) is 5.69 Å². The first-order valence-electron chi connectivity index (χ1n) is 4.38. The fourth-order valence-corrected chi connectivity index (χ4v) is 1.34. The fourth-order valence-electron chi connectivity index (χ4n) is 1.34. The van der Waals surface area contributed by atoms with Crippen molar-refractivity contribution in [3.05, 3.63) is 42.1 Å². The number of aryl methyl sites for hydroxylation is 1. The van der Waals surface area contributed by atoms with Crippen molar-refractivity contribution in [1.29, 1.82) is 0 Å². The normalized spacial score (nSPS) is 10.1. The van der Waals surface area contributed by atoms with Crippen molar-refractivity contribution in [2.45, 2.75) is 6.92 Å². The van der Waals surface area contributed by atoms with Gasteiger partial charge in [-0.2, -0.15) is 5.10 Å². The Morgan fingerprint density at radius 3 is 2.57 bits per heavy atom. The molecule has 3 nitrogen and oxygen atoms in total. The standard InChI is InChI=1S/C11H10N2O/c1-9-7-11(12-13(9)8-14)10-5-3-2-4-6-10/h2-8H,1H3. The van der Waals surface area contributed by atoms with E-state index in [1.54, 1.807) is 0 Å². The van der Waals surface area contributed by atoms with Gasteiger partial charge in [-0.05, 0) is 13.0 Å². The average Bonchev–Trinajstić information content (AvgIpc) is 2.61. The second kappa shape index (κ2) is 3.46. The highest BCUT2D eigenvalue weighted by molar-refractivity contribution is 5.62. The molecule has 0 unspecified atom stereocenters. The molecule has 1 aromatic heterocycles. The predicted octanol–water partition coefficient (Wildman–Crippen LogP) is 1.90. The molecule has 1 heterocycles. The van der Waals surface area contributed by atoms with Crippen molar-refractivity contribution in [3.63, 3.8) is 0 Å². The summed E-state index contributed by atoms with van der Waals surface area (Å²) in [6.07, 6.45) is 0.710. The van der Waals surface area contributed by atoms with Crippen LogP contribution in [0.25, 0.3) is 11.3 Å². The molecule has 0 atom stereocenters. The smallest absolute Gasteiger partial charge is 0.234 e. The highest BCUT2D eigenvalue weighted by Gasteiger charge is 2.04. The molecule has 0 saturated carbocycles. The Balaban J connectivity index is 2.48. The van der Waals surface area contributed by atoms with E-state index in [-0.39, 0.29) is 0 Å². The molecule has 1 aromatic carbocycles. The Labute approximate surface area is 82.0 Å². The molecular weight excluding hydrogens is 176 g/mol. The first kappa shape index (κ1) is 8.69. The maximum Gasteiger partial charge on any atom is 0.234 e. The maximum atomic E-state index is 10.6. The minimum absolute atomic E-state index is 0.710. The Hall–Kier alpha value is -1.90. The summed E-state index contributed by atoms with van der Waals surface area (Å²) in [5.74, 6) is 0. The number of hydrogen-bond donors (Lipinski definition) is 0. The van der Waals surface area contributed by atoms with E-state index in [1.807, 2.05) is 43.3 Å². The number of carbonyl (C=O) groups excluding carboxylic acids is 1. The van der Waals surface area contributed by atoms with Gasteiger partial charge in [0.2, 0.25) is 6.41 Å². The van der Waals surface area contributed by atoms with E-state index in [9.17, 15) is 4.79 Å². The highest BCUT2D eigenvalue weighted by Crippen LogP contribution is 2.17. The number of aromatic nitrogens is 2. The van der Waals surface area contributed by atoms with E-state index in [4.69, 9.17) is 0 Å². The molecule has 0 bridgehead atoms. The van der Waals surface area contributed by atoms with Crippen molar-refractivity contribution in [3.8, 4) is 11.3 Å². The third-order valence-corrected chi connectivity index (χ3v) is 2.09. The molecule has 14 heavy (non-hydrogen) atoms. The quantitative estimate of drug-likeness (QED) is 0.671. The molecule has 2 aromatic rings. The lowest BCUT2D eigenvalue weighted by atomic mass is 10.1. The van der Waals surface area contributed by atoms with Gasteiger partial charge in [0.15, 0.2) is 0 Å². The van der Waals surface area contributed by atoms with Gasteiger partial charge in [0, 0.05) is 11.3 Å². The molecule has 0 N–H and O–H groups in total. The van der Waals surface area contributed by atoms with Crippen LogP contribution in [-0.2, 0) is 4.79 Å². The molecular formula is C11H10N2O. The van der Waals surface area contributed by atoms with Gasteiger partial charge in [0.25, 0.3) is 0 Å². The largest absolute Gasteiger partial charge is 0.276 e. The van der Waals surface area contributed by atoms with Gasteiger partial charge in [-0.1, -0.05) is 30.3 Å². The zero-order valence-electron chi connectivity index (χ0n) is 7.84. The van der Waals surface area contributed by atoms with E-state index < -0.39 is 0 Å². The van der Waals surface area contributed by atoms with Crippen molar-refractivity contribution in [2.75, 3.05) is 0 Å². The third-order valence-electron chi connectivity index (χ3n) is 2.09. The van der Waals surface area contributed by atoms with Crippen LogP contribution < -0.4 is 0 Å². The van der Waals surface area contributed by atoms with Gasteiger partial charge >= 0.3 is 0 Å². The van der Waals surface area contributed by atoms with E-state index in [1.165, 1.54) is 4.68 Å². The molecule has 0 aliphatic heterocycles. The minimum atomic E-state index is 0.710. The summed E-state index contributed by atoms with van der Waals surface area (Å²) in [5, 5.41) is 4.15. The van der Waals surface area contributed by atoms with Crippen molar-refractivity contribution in [2.24, 2.45) is 0 Å². The average molecular weight is 186 g/mol. The van der Waals surface area contributed by atoms with Crippen LogP contribution in [0.5, 0.6) is 0 Å². The summed E-state index contributed by atoms with van der Waals surface area (Å²) in [4.78, 5) is 10.6. The first-order chi connectivity index (χ1) is 6.81. The summed E-state index contributed by atoms with van der Waals surface area (Å²) < 4.78 is 1.34. The van der Waals surface area contributed by atoms with Crippen LogP contribution in [0, 0.1) is 6.92 Å². The third kappa shape index (κ3) is 1.44. The van der Waals surface area contributed by atoms with Crippen LogP contribution in [0.2, 0.25) is 0 Å². The van der Waals surface area contributed by atoms with Gasteiger partial charge < -0.3 is 0 Å². The topological polar surface area (TPSA) is 34.9 Å². The number of carbonyl (C=O) groups is 1. The molecule has 0 saturated heterocycles. The molecule has 0 aliphatic rings. The number of nitrogens with zero attached hydrogens (tertiary/aromatic N) is 2. The molecule has 3 heteroatoms. The van der Waals surface area contributed by atoms with Gasteiger partial charge in [0.05, 0.1) is 5.69 Å². The Morgan fingerprint density at radius 1 is 1.29 bits per heavy atom. The Kier molecular flexibility index (Phi) is 2.14. The summed E-state index contributed by atoms with van der Waals surface area (Å²) in [6.45, 7) is 1.86. The molecule has 0 fully saturated rings. The van der Waals surface area contributed by atoms with Crippen LogP contribution in [0.3, 0.4) is 0 Å². The van der Waals surface area contributed by atoms with E-state index in [0.29, 0.717) is 6.41 Å². The monoisotopic (exact) mass is 186 g/mol. The highest BCUT2D eigenvalue weighted by atomic mass is 16.1. The zero-order chi connectivity index (χ0) is 9.97. The molecule has 0 spiro atoms. The second-order valence-corrected chi connectivity index (χ2v) is 3.09. The van der Waals surface area contributed by atoms with Crippen LogP contribution in [-0.4, -0.2) is 16.2 Å². The summed E-state index contributed by atoms with van der Waals surface area (Å²) in [7, 11) is 0. The van der Waals surface area contributed by atoms with Crippen LogP contribution >= 0.6 is 0 Å². The van der Waals surface area contributed by atoms with Crippen molar-refractivity contribution < 1.29 is 4.79 Å². The van der Waals surface area contributed by atoms with Crippen LogP contribution in [0.15, 0.2) is 36.4 Å². The second-order valence-electron chi connectivity index (χ2n) is 3.09. The zero-order valence-corrected chi connectivity index (χ0v) is 7.84. The predicted molar refractivity (Wildman–Crippen MR) is 54.5 cm³/mol. The number of benzene rings is 1. The van der Waals surface area contributed by atoms with Gasteiger partial charge in [-0.3, -0.25) is 4.79 Å². The van der Waals surface area contributed by atoms with E-state index in [2.05, 4.69) is 5.10 Å². The van der Waals surface area contributed by atoms with Gasteiger partial charge in [0.1, 0.15) is 0 Å². The summed E-state index contributed by atoms with van der Waals surface area (Å²) in [6, 6.07) is 11.7. The summed E-state index contributed by atoms with van der Waals surface area (Å²) >= 11 is 0. The summed E-state index contributed by atoms with van der Waals surface area (Å²) in [5.41, 5.74) is 2.70. The van der Waals surface area contributed by atoms with Crippen LogP contribution in [0.4, 0.5) is 0 Å². The lowest BCUT2D eigenvalue weighted by molar-refractivity contribution is 0.539. The number of rotatable bonds is 2. The number of hydrogen-bond acceptors (Lipinski definition) is 2.